The molecular weight excluding hydrogens is 393 g/mol. The number of ketones is 1. The summed E-state index contributed by atoms with van der Waals surface area (Å²) in [7, 11) is 5.86. The molecule has 1 aliphatic heterocycles. The third-order valence-corrected chi connectivity index (χ3v) is 6.46. The van der Waals surface area contributed by atoms with E-state index in [1.807, 2.05) is 55.1 Å². The molecule has 1 amide bonds. The van der Waals surface area contributed by atoms with E-state index < -0.39 is 5.54 Å². The van der Waals surface area contributed by atoms with Crippen molar-refractivity contribution in [3.8, 4) is 0 Å². The molecule has 5 nitrogen and oxygen atoms in total. The maximum atomic E-state index is 13.4. The minimum absolute atomic E-state index is 0.0300. The number of carbonyl (C=O) groups is 2. The summed E-state index contributed by atoms with van der Waals surface area (Å²) in [5.41, 5.74) is 1.41. The predicted octanol–water partition coefficient (Wildman–Crippen LogP) is 3.35. The Morgan fingerprint density at radius 1 is 0.935 bits per heavy atom. The van der Waals surface area contributed by atoms with Crippen LogP contribution in [0.15, 0.2) is 48.5 Å². The molecule has 0 N–H and O–H groups in total. The lowest BCUT2D eigenvalue weighted by molar-refractivity contribution is 0.0656. The number of rotatable bonds is 7. The van der Waals surface area contributed by atoms with Gasteiger partial charge in [0.2, 0.25) is 0 Å². The first-order valence-corrected chi connectivity index (χ1v) is 10.8. The normalized spacial score (nSPS) is 16.9. The molecule has 0 spiro atoms. The van der Waals surface area contributed by atoms with Gasteiger partial charge in [-0.2, -0.15) is 0 Å². The first kappa shape index (κ1) is 23.1. The average molecular weight is 426 g/mol. The molecule has 0 aliphatic carbocycles. The van der Waals surface area contributed by atoms with Gasteiger partial charge in [0.1, 0.15) is 5.82 Å². The van der Waals surface area contributed by atoms with Crippen molar-refractivity contribution in [1.82, 2.24) is 14.7 Å². The van der Waals surface area contributed by atoms with Gasteiger partial charge in [-0.15, -0.1) is 0 Å². The first-order valence-electron chi connectivity index (χ1n) is 10.8. The molecule has 2 aromatic carbocycles. The van der Waals surface area contributed by atoms with Gasteiger partial charge in [-0.25, -0.2) is 4.39 Å². The Kier molecular flexibility index (Phi) is 7.23. The zero-order chi connectivity index (χ0) is 22.6. The van der Waals surface area contributed by atoms with Crippen LogP contribution in [0.1, 0.15) is 39.6 Å². The van der Waals surface area contributed by atoms with Crippen LogP contribution in [0.3, 0.4) is 0 Å². The van der Waals surface area contributed by atoms with Crippen molar-refractivity contribution in [2.75, 3.05) is 47.3 Å². The number of likely N-dealkylation sites (N-methyl/N-ethyl adjacent to an activating group) is 2. The monoisotopic (exact) mass is 425 g/mol. The van der Waals surface area contributed by atoms with Crippen molar-refractivity contribution in [2.45, 2.75) is 25.3 Å². The van der Waals surface area contributed by atoms with E-state index in [4.69, 9.17) is 0 Å². The van der Waals surface area contributed by atoms with E-state index in [1.54, 1.807) is 12.1 Å². The molecule has 31 heavy (non-hydrogen) atoms. The highest BCUT2D eigenvalue weighted by molar-refractivity contribution is 6.03. The van der Waals surface area contributed by atoms with Crippen LogP contribution < -0.4 is 0 Å². The molecule has 1 saturated heterocycles. The number of hydrogen-bond donors (Lipinski definition) is 0. The number of amides is 1. The Labute approximate surface area is 184 Å². The summed E-state index contributed by atoms with van der Waals surface area (Å²) in [5.74, 6) is -0.335. The second kappa shape index (κ2) is 9.71. The summed E-state index contributed by atoms with van der Waals surface area (Å²) < 4.78 is 13.3. The highest BCUT2D eigenvalue weighted by Gasteiger charge is 2.39. The maximum absolute atomic E-state index is 13.4. The lowest BCUT2D eigenvalue weighted by Gasteiger charge is -2.38. The molecule has 0 saturated carbocycles. The van der Waals surface area contributed by atoms with E-state index in [0.29, 0.717) is 24.0 Å². The minimum atomic E-state index is -0.749. The van der Waals surface area contributed by atoms with Crippen LogP contribution in [0.5, 0.6) is 0 Å². The van der Waals surface area contributed by atoms with Crippen molar-refractivity contribution in [1.29, 1.82) is 0 Å². The van der Waals surface area contributed by atoms with Gasteiger partial charge in [-0.1, -0.05) is 19.1 Å². The standard InChI is InChI=1S/C25H32FN3O2/c1-5-25(27(2)3,23(30)20-10-12-22(26)13-11-20)18-19-6-8-21(9-7-19)24(31)29-16-14-28(4)15-17-29/h6-13H,5,14-18H2,1-4H3. The second-order valence-electron chi connectivity index (χ2n) is 8.58. The SMILES string of the molecule is CCC(Cc1ccc(C(=O)N2CCN(C)CC2)cc1)(C(=O)c1ccc(F)cc1)N(C)C. The first-order chi connectivity index (χ1) is 14.8. The molecule has 1 unspecified atom stereocenters. The number of piperazine rings is 1. The topological polar surface area (TPSA) is 43.9 Å². The molecule has 0 radical (unpaired) electrons. The predicted molar refractivity (Wildman–Crippen MR) is 121 cm³/mol. The number of carbonyl (C=O) groups excluding carboxylic acids is 2. The number of nitrogens with zero attached hydrogens (tertiary/aromatic N) is 3. The lowest BCUT2D eigenvalue weighted by Crippen LogP contribution is -2.52. The Hall–Kier alpha value is -2.57. The van der Waals surface area contributed by atoms with Crippen molar-refractivity contribution in [3.63, 3.8) is 0 Å². The van der Waals surface area contributed by atoms with Crippen LogP contribution in [0.25, 0.3) is 0 Å². The van der Waals surface area contributed by atoms with Crippen molar-refractivity contribution in [3.05, 3.63) is 71.0 Å². The maximum Gasteiger partial charge on any atom is 0.253 e. The van der Waals surface area contributed by atoms with E-state index in [2.05, 4.69) is 11.9 Å². The largest absolute Gasteiger partial charge is 0.336 e. The summed E-state index contributed by atoms with van der Waals surface area (Å²) in [6.07, 6.45) is 1.12. The van der Waals surface area contributed by atoms with Gasteiger partial charge >= 0.3 is 0 Å². The van der Waals surface area contributed by atoms with Crippen LogP contribution in [-0.4, -0.2) is 79.3 Å². The van der Waals surface area contributed by atoms with Gasteiger partial charge in [0, 0.05) is 37.3 Å². The zero-order valence-electron chi connectivity index (χ0n) is 18.9. The lowest BCUT2D eigenvalue weighted by atomic mass is 9.80. The summed E-state index contributed by atoms with van der Waals surface area (Å²) in [6.45, 7) is 5.24. The number of Topliss-reactive ketones (excluding diaryl/α,β-unsaturated/α-hetero) is 1. The highest BCUT2D eigenvalue weighted by Crippen LogP contribution is 2.28. The molecule has 2 aromatic rings. The van der Waals surface area contributed by atoms with Gasteiger partial charge in [-0.05, 0) is 75.9 Å². The average Bonchev–Trinajstić information content (AvgIpc) is 2.78. The second-order valence-corrected chi connectivity index (χ2v) is 8.58. The summed E-state index contributed by atoms with van der Waals surface area (Å²) in [6, 6.07) is 13.3. The minimum Gasteiger partial charge on any atom is -0.336 e. The number of hydrogen-bond acceptors (Lipinski definition) is 4. The molecule has 0 aromatic heterocycles. The van der Waals surface area contributed by atoms with Crippen LogP contribution in [0.4, 0.5) is 4.39 Å². The van der Waals surface area contributed by atoms with Gasteiger partial charge in [0.05, 0.1) is 5.54 Å². The molecular formula is C25H32FN3O2. The van der Waals surface area contributed by atoms with Gasteiger partial charge in [-0.3, -0.25) is 14.5 Å². The van der Waals surface area contributed by atoms with E-state index in [0.717, 1.165) is 31.7 Å². The van der Waals surface area contributed by atoms with Crippen LogP contribution in [-0.2, 0) is 6.42 Å². The van der Waals surface area contributed by atoms with Gasteiger partial charge < -0.3 is 9.80 Å². The zero-order valence-corrected chi connectivity index (χ0v) is 18.9. The summed E-state index contributed by atoms with van der Waals surface area (Å²) >= 11 is 0. The number of halogens is 1. The van der Waals surface area contributed by atoms with Gasteiger partial charge in [0.15, 0.2) is 5.78 Å². The van der Waals surface area contributed by atoms with Crippen LogP contribution in [0.2, 0.25) is 0 Å². The molecule has 0 bridgehead atoms. The third-order valence-electron chi connectivity index (χ3n) is 6.46. The van der Waals surface area contributed by atoms with Crippen molar-refractivity contribution in [2.24, 2.45) is 0 Å². The number of benzene rings is 2. The third kappa shape index (κ3) is 5.02. The quantitative estimate of drug-likeness (QED) is 0.638. The molecule has 1 fully saturated rings. The van der Waals surface area contributed by atoms with E-state index >= 15 is 0 Å². The van der Waals surface area contributed by atoms with E-state index in [9.17, 15) is 14.0 Å². The fourth-order valence-electron chi connectivity index (χ4n) is 4.21. The molecule has 166 valence electrons. The van der Waals surface area contributed by atoms with E-state index in [1.165, 1.54) is 12.1 Å². The Morgan fingerprint density at radius 3 is 2.00 bits per heavy atom. The Bertz CT molecular complexity index is 903. The molecule has 1 aliphatic rings. The van der Waals surface area contributed by atoms with Crippen molar-refractivity contribution < 1.29 is 14.0 Å². The summed E-state index contributed by atoms with van der Waals surface area (Å²) in [5, 5.41) is 0. The Balaban J connectivity index is 1.79. The van der Waals surface area contributed by atoms with Crippen LogP contribution >= 0.6 is 0 Å². The van der Waals surface area contributed by atoms with Gasteiger partial charge in [0.25, 0.3) is 5.91 Å². The molecule has 3 rings (SSSR count). The van der Waals surface area contributed by atoms with Crippen molar-refractivity contribution >= 4 is 11.7 Å². The smallest absolute Gasteiger partial charge is 0.253 e. The molecule has 1 atom stereocenters. The van der Waals surface area contributed by atoms with Crippen LogP contribution in [0, 0.1) is 5.82 Å². The highest BCUT2D eigenvalue weighted by atomic mass is 19.1. The van der Waals surface area contributed by atoms with E-state index in [-0.39, 0.29) is 17.5 Å². The fraction of sp³-hybridized carbons (Fsp3) is 0.440. The summed E-state index contributed by atoms with van der Waals surface area (Å²) in [4.78, 5) is 32.3. The molecule has 6 heteroatoms. The fourth-order valence-corrected chi connectivity index (χ4v) is 4.21. The Morgan fingerprint density at radius 2 is 1.48 bits per heavy atom. The molecule has 1 heterocycles.